The summed E-state index contributed by atoms with van der Waals surface area (Å²) < 4.78 is 5.82. The van der Waals surface area contributed by atoms with E-state index in [0.29, 0.717) is 4.67 Å². The van der Waals surface area contributed by atoms with E-state index in [1.165, 1.54) is 0 Å². The lowest BCUT2D eigenvalue weighted by Crippen LogP contribution is -1.85. The largest absolute Gasteiger partial charge is 0.457 e. The number of rotatable bonds is 1. The Hall–Kier alpha value is -1.16. The van der Waals surface area contributed by atoms with E-state index in [0.717, 1.165) is 17.0 Å². The molecule has 13 heavy (non-hydrogen) atoms. The Morgan fingerprint density at radius 3 is 2.77 bits per heavy atom. The highest BCUT2D eigenvalue weighted by molar-refractivity contribution is 9.10. The minimum Gasteiger partial charge on any atom is -0.457 e. The van der Waals surface area contributed by atoms with Gasteiger partial charge in [-0.1, -0.05) is 0 Å². The molecule has 0 aromatic carbocycles. The molecule has 0 unspecified atom stereocenters. The van der Waals surface area contributed by atoms with E-state index >= 15 is 0 Å². The van der Waals surface area contributed by atoms with Crippen LogP contribution in [0.3, 0.4) is 0 Å². The third kappa shape index (κ3) is 1.78. The predicted octanol–water partition coefficient (Wildman–Crippen LogP) is 2.81. The van der Waals surface area contributed by atoms with Crippen LogP contribution in [0.2, 0.25) is 0 Å². The quantitative estimate of drug-likeness (QED) is 0.767. The highest BCUT2D eigenvalue weighted by atomic mass is 79.9. The molecule has 0 fully saturated rings. The summed E-state index contributed by atoms with van der Waals surface area (Å²) in [6, 6.07) is 3.79. The Morgan fingerprint density at radius 1 is 1.31 bits per heavy atom. The Morgan fingerprint density at radius 2 is 2.15 bits per heavy atom. The molecule has 0 saturated heterocycles. The van der Waals surface area contributed by atoms with Crippen molar-refractivity contribution in [1.82, 2.24) is 9.97 Å². The first-order chi connectivity index (χ1) is 6.25. The van der Waals surface area contributed by atoms with Gasteiger partial charge in [0.2, 0.25) is 0 Å². The van der Waals surface area contributed by atoms with Crippen LogP contribution in [0, 0.1) is 6.92 Å². The highest BCUT2D eigenvalue weighted by Gasteiger charge is 2.03. The summed E-state index contributed by atoms with van der Waals surface area (Å²) in [6.45, 7) is 1.93. The maximum absolute atomic E-state index is 5.12. The second kappa shape index (κ2) is 3.30. The van der Waals surface area contributed by atoms with Crippen LogP contribution in [-0.2, 0) is 0 Å². The Balaban J connectivity index is 2.46. The first-order valence-electron chi connectivity index (χ1n) is 3.79. The Labute approximate surface area is 84.0 Å². The molecule has 0 aliphatic heterocycles. The number of aromatic nitrogens is 2. The highest BCUT2D eigenvalue weighted by Crippen LogP contribution is 2.22. The van der Waals surface area contributed by atoms with Gasteiger partial charge in [-0.15, -0.1) is 0 Å². The van der Waals surface area contributed by atoms with Gasteiger partial charge in [0.25, 0.3) is 0 Å². The third-order valence-electron chi connectivity index (χ3n) is 1.67. The molecule has 0 radical (unpaired) electrons. The van der Waals surface area contributed by atoms with E-state index < -0.39 is 0 Å². The van der Waals surface area contributed by atoms with Gasteiger partial charge in [-0.05, 0) is 28.9 Å². The number of nitrogens with zero attached hydrogens (tertiary/aromatic N) is 2. The molecule has 0 spiro atoms. The first kappa shape index (κ1) is 8.44. The molecule has 0 bridgehead atoms. The molecule has 0 saturated carbocycles. The van der Waals surface area contributed by atoms with Gasteiger partial charge in [0, 0.05) is 17.3 Å². The standard InChI is InChI=1S/C9H7BrN2O/c1-6-2-8(12-5-11-6)7-3-9(10)13-4-7/h2-5H,1H3. The average Bonchev–Trinajstić information content (AvgIpc) is 2.52. The molecule has 0 N–H and O–H groups in total. The van der Waals surface area contributed by atoms with Crippen molar-refractivity contribution in [3.63, 3.8) is 0 Å². The second-order valence-electron chi connectivity index (χ2n) is 2.68. The van der Waals surface area contributed by atoms with Crippen LogP contribution in [0.15, 0.2) is 33.8 Å². The van der Waals surface area contributed by atoms with Crippen molar-refractivity contribution in [2.24, 2.45) is 0 Å². The molecule has 0 aliphatic rings. The fourth-order valence-corrected chi connectivity index (χ4v) is 1.40. The molecule has 0 aliphatic carbocycles. The molecule has 2 aromatic rings. The van der Waals surface area contributed by atoms with Gasteiger partial charge in [-0.2, -0.15) is 0 Å². The van der Waals surface area contributed by atoms with Gasteiger partial charge in [0.1, 0.15) is 12.6 Å². The topological polar surface area (TPSA) is 38.9 Å². The zero-order valence-corrected chi connectivity index (χ0v) is 8.58. The van der Waals surface area contributed by atoms with E-state index in [2.05, 4.69) is 25.9 Å². The van der Waals surface area contributed by atoms with Crippen molar-refractivity contribution in [3.05, 3.63) is 35.1 Å². The van der Waals surface area contributed by atoms with Crippen LogP contribution in [0.25, 0.3) is 11.3 Å². The molecule has 4 heteroatoms. The van der Waals surface area contributed by atoms with Crippen LogP contribution >= 0.6 is 15.9 Å². The van der Waals surface area contributed by atoms with Gasteiger partial charge < -0.3 is 4.42 Å². The summed E-state index contributed by atoms with van der Waals surface area (Å²) in [5.74, 6) is 0. The van der Waals surface area contributed by atoms with Crippen molar-refractivity contribution in [3.8, 4) is 11.3 Å². The monoisotopic (exact) mass is 238 g/mol. The molecule has 0 amide bonds. The molecule has 66 valence electrons. The number of aryl methyl sites for hydroxylation is 1. The van der Waals surface area contributed by atoms with Crippen LogP contribution in [0.5, 0.6) is 0 Å². The fraction of sp³-hybridized carbons (Fsp3) is 0.111. The van der Waals surface area contributed by atoms with E-state index in [9.17, 15) is 0 Å². The molecule has 2 heterocycles. The average molecular weight is 239 g/mol. The number of halogens is 1. The van der Waals surface area contributed by atoms with E-state index in [1.54, 1.807) is 12.6 Å². The summed E-state index contributed by atoms with van der Waals surface area (Å²) >= 11 is 3.24. The molecular weight excluding hydrogens is 232 g/mol. The molecule has 2 aromatic heterocycles. The SMILES string of the molecule is Cc1cc(-c2coc(Br)c2)ncn1. The lowest BCUT2D eigenvalue weighted by atomic mass is 10.2. The van der Waals surface area contributed by atoms with Crippen LogP contribution in [0.1, 0.15) is 5.69 Å². The van der Waals surface area contributed by atoms with E-state index in [4.69, 9.17) is 4.42 Å². The minimum atomic E-state index is 0.707. The maximum atomic E-state index is 5.12. The van der Waals surface area contributed by atoms with E-state index in [-0.39, 0.29) is 0 Å². The number of hydrogen-bond donors (Lipinski definition) is 0. The summed E-state index contributed by atoms with van der Waals surface area (Å²) in [7, 11) is 0. The number of hydrogen-bond acceptors (Lipinski definition) is 3. The van der Waals surface area contributed by atoms with Gasteiger partial charge in [-0.25, -0.2) is 9.97 Å². The van der Waals surface area contributed by atoms with Crippen LogP contribution in [-0.4, -0.2) is 9.97 Å². The van der Waals surface area contributed by atoms with Gasteiger partial charge in [0.05, 0.1) is 5.69 Å². The maximum Gasteiger partial charge on any atom is 0.169 e. The fourth-order valence-electron chi connectivity index (χ4n) is 1.06. The smallest absolute Gasteiger partial charge is 0.169 e. The summed E-state index contributed by atoms with van der Waals surface area (Å²) in [5.41, 5.74) is 2.78. The van der Waals surface area contributed by atoms with Crippen LogP contribution < -0.4 is 0 Å². The predicted molar refractivity (Wildman–Crippen MR) is 52.2 cm³/mol. The molecular formula is C9H7BrN2O. The van der Waals surface area contributed by atoms with Crippen molar-refractivity contribution in [1.29, 1.82) is 0 Å². The lowest BCUT2D eigenvalue weighted by Gasteiger charge is -1.95. The van der Waals surface area contributed by atoms with E-state index in [1.807, 2.05) is 19.1 Å². The summed E-state index contributed by atoms with van der Waals surface area (Å²) in [4.78, 5) is 8.15. The normalized spacial score (nSPS) is 10.3. The lowest BCUT2D eigenvalue weighted by molar-refractivity contribution is 0.542. The summed E-state index contributed by atoms with van der Waals surface area (Å²) in [6.07, 6.45) is 3.21. The van der Waals surface area contributed by atoms with Gasteiger partial charge in [-0.3, -0.25) is 0 Å². The number of furan rings is 1. The van der Waals surface area contributed by atoms with Gasteiger partial charge >= 0.3 is 0 Å². The van der Waals surface area contributed by atoms with Crippen molar-refractivity contribution < 1.29 is 4.42 Å². The van der Waals surface area contributed by atoms with Crippen molar-refractivity contribution >= 4 is 15.9 Å². The molecule has 0 atom stereocenters. The second-order valence-corrected chi connectivity index (χ2v) is 3.47. The van der Waals surface area contributed by atoms with Crippen LogP contribution in [0.4, 0.5) is 0 Å². The van der Waals surface area contributed by atoms with Crippen molar-refractivity contribution in [2.45, 2.75) is 6.92 Å². The zero-order valence-electron chi connectivity index (χ0n) is 6.99. The molecule has 3 nitrogen and oxygen atoms in total. The van der Waals surface area contributed by atoms with Gasteiger partial charge in [0.15, 0.2) is 4.67 Å². The Bertz CT molecular complexity index is 425. The zero-order chi connectivity index (χ0) is 9.26. The third-order valence-corrected chi connectivity index (χ3v) is 2.08. The minimum absolute atomic E-state index is 0.707. The summed E-state index contributed by atoms with van der Waals surface area (Å²) in [5, 5.41) is 0. The Kier molecular flexibility index (Phi) is 2.14. The first-order valence-corrected chi connectivity index (χ1v) is 4.58. The molecule has 2 rings (SSSR count). The van der Waals surface area contributed by atoms with Crippen molar-refractivity contribution in [2.75, 3.05) is 0 Å².